The number of likely N-dealkylation sites (N-methyl/N-ethyl adjacent to an activating group) is 1. The van der Waals surface area contributed by atoms with Crippen LogP contribution in [0.2, 0.25) is 0 Å². The van der Waals surface area contributed by atoms with Gasteiger partial charge in [-0.2, -0.15) is 0 Å². The lowest BCUT2D eigenvalue weighted by Gasteiger charge is -2.25. The smallest absolute Gasteiger partial charge is 0.325 e. The fourth-order valence-corrected chi connectivity index (χ4v) is 0.961. The summed E-state index contributed by atoms with van der Waals surface area (Å²) in [7, 11) is 0. The van der Waals surface area contributed by atoms with Crippen molar-refractivity contribution < 1.29 is 14.7 Å². The summed E-state index contributed by atoms with van der Waals surface area (Å²) in [6, 6.07) is -0.861. The highest BCUT2D eigenvalue weighted by Gasteiger charge is 2.28. The Labute approximate surface area is 83.9 Å². The van der Waals surface area contributed by atoms with E-state index in [1.165, 1.54) is 6.92 Å². The molecule has 0 aromatic carbocycles. The van der Waals surface area contributed by atoms with Crippen molar-refractivity contribution in [2.45, 2.75) is 39.3 Å². The van der Waals surface area contributed by atoms with Crippen molar-refractivity contribution in [3.8, 4) is 0 Å². The standard InChI is InChI=1S/C9H18N2O3/c1-5-10-9(3,4)8(14)11-6(2)7(12)13/h6,10H,5H2,1-4H3,(H,11,14)(H,12,13)/t6-/m1/s1. The number of nitrogens with one attached hydrogen (secondary N) is 2. The molecule has 0 rings (SSSR count). The van der Waals surface area contributed by atoms with Crippen LogP contribution in [-0.2, 0) is 9.59 Å². The van der Waals surface area contributed by atoms with Crippen molar-refractivity contribution in [1.29, 1.82) is 0 Å². The molecule has 5 nitrogen and oxygen atoms in total. The summed E-state index contributed by atoms with van der Waals surface area (Å²) >= 11 is 0. The molecule has 82 valence electrons. The SMILES string of the molecule is CCNC(C)(C)C(=O)N[C@H](C)C(=O)O. The number of carboxylic acids is 1. The first kappa shape index (κ1) is 12.9. The molecule has 0 saturated carbocycles. The monoisotopic (exact) mass is 202 g/mol. The van der Waals surface area contributed by atoms with Gasteiger partial charge in [0.15, 0.2) is 0 Å². The van der Waals surface area contributed by atoms with Crippen molar-refractivity contribution >= 4 is 11.9 Å². The molecule has 0 aliphatic rings. The molecular weight excluding hydrogens is 184 g/mol. The van der Waals surface area contributed by atoms with Crippen LogP contribution in [0.25, 0.3) is 0 Å². The zero-order chi connectivity index (χ0) is 11.4. The molecule has 0 fully saturated rings. The quantitative estimate of drug-likeness (QED) is 0.584. The highest BCUT2D eigenvalue weighted by atomic mass is 16.4. The Morgan fingerprint density at radius 2 is 1.93 bits per heavy atom. The Kier molecular flexibility index (Phi) is 4.56. The molecule has 1 atom stereocenters. The van der Waals surface area contributed by atoms with Gasteiger partial charge in [-0.15, -0.1) is 0 Å². The first-order chi connectivity index (χ1) is 6.31. The summed E-state index contributed by atoms with van der Waals surface area (Å²) in [5.41, 5.74) is -0.738. The van der Waals surface area contributed by atoms with E-state index in [2.05, 4.69) is 10.6 Å². The maximum absolute atomic E-state index is 11.5. The van der Waals surface area contributed by atoms with Gasteiger partial charge in [0.05, 0.1) is 5.54 Å². The van der Waals surface area contributed by atoms with Gasteiger partial charge >= 0.3 is 5.97 Å². The molecule has 0 spiro atoms. The molecule has 14 heavy (non-hydrogen) atoms. The number of carbonyl (C=O) groups excluding carboxylic acids is 1. The minimum absolute atomic E-state index is 0.311. The average molecular weight is 202 g/mol. The van der Waals surface area contributed by atoms with Gasteiger partial charge in [0.1, 0.15) is 6.04 Å². The van der Waals surface area contributed by atoms with E-state index in [0.717, 1.165) is 0 Å². The first-order valence-electron chi connectivity index (χ1n) is 4.60. The molecule has 5 heteroatoms. The van der Waals surface area contributed by atoms with Gasteiger partial charge in [-0.25, -0.2) is 0 Å². The van der Waals surface area contributed by atoms with Gasteiger partial charge < -0.3 is 15.7 Å². The molecule has 0 unspecified atom stereocenters. The topological polar surface area (TPSA) is 78.4 Å². The fraction of sp³-hybridized carbons (Fsp3) is 0.778. The van der Waals surface area contributed by atoms with E-state index < -0.39 is 17.6 Å². The van der Waals surface area contributed by atoms with Gasteiger partial charge in [-0.3, -0.25) is 9.59 Å². The van der Waals surface area contributed by atoms with Crippen molar-refractivity contribution in [3.63, 3.8) is 0 Å². The summed E-state index contributed by atoms with van der Waals surface area (Å²) in [6.45, 7) is 7.39. The average Bonchev–Trinajstić information content (AvgIpc) is 2.03. The molecule has 0 aromatic heterocycles. The van der Waals surface area contributed by atoms with E-state index >= 15 is 0 Å². The summed E-state index contributed by atoms with van der Waals surface area (Å²) < 4.78 is 0. The molecule has 0 aliphatic heterocycles. The van der Waals surface area contributed by atoms with Crippen molar-refractivity contribution in [3.05, 3.63) is 0 Å². The molecule has 0 bridgehead atoms. The van der Waals surface area contributed by atoms with E-state index in [4.69, 9.17) is 5.11 Å². The number of hydrogen-bond donors (Lipinski definition) is 3. The number of carboxylic acid groups (broad SMARTS) is 1. The van der Waals surface area contributed by atoms with Crippen LogP contribution in [0.15, 0.2) is 0 Å². The molecule has 0 aliphatic carbocycles. The largest absolute Gasteiger partial charge is 0.480 e. The van der Waals surface area contributed by atoms with Gasteiger partial charge in [0.2, 0.25) is 5.91 Å². The van der Waals surface area contributed by atoms with Crippen LogP contribution < -0.4 is 10.6 Å². The fourth-order valence-electron chi connectivity index (χ4n) is 0.961. The van der Waals surface area contributed by atoms with Crippen LogP contribution in [0.1, 0.15) is 27.7 Å². The van der Waals surface area contributed by atoms with Crippen LogP contribution in [0.3, 0.4) is 0 Å². The van der Waals surface area contributed by atoms with Crippen LogP contribution in [0.4, 0.5) is 0 Å². The van der Waals surface area contributed by atoms with Crippen LogP contribution in [0, 0.1) is 0 Å². The van der Waals surface area contributed by atoms with Gasteiger partial charge in [-0.1, -0.05) is 6.92 Å². The lowest BCUT2D eigenvalue weighted by molar-refractivity contribution is -0.142. The second kappa shape index (κ2) is 4.95. The maximum atomic E-state index is 11.5. The third-order valence-corrected chi connectivity index (χ3v) is 1.90. The predicted molar refractivity (Wildman–Crippen MR) is 53.0 cm³/mol. The van der Waals surface area contributed by atoms with E-state index in [-0.39, 0.29) is 5.91 Å². The molecular formula is C9H18N2O3. The zero-order valence-electron chi connectivity index (χ0n) is 9.05. The molecule has 0 radical (unpaired) electrons. The molecule has 0 aromatic rings. The van der Waals surface area contributed by atoms with Crippen molar-refractivity contribution in [2.24, 2.45) is 0 Å². The van der Waals surface area contributed by atoms with E-state index in [1.54, 1.807) is 13.8 Å². The van der Waals surface area contributed by atoms with E-state index in [9.17, 15) is 9.59 Å². The normalized spacial score (nSPS) is 13.4. The minimum atomic E-state index is -1.04. The summed E-state index contributed by atoms with van der Waals surface area (Å²) in [5.74, 6) is -1.35. The van der Waals surface area contributed by atoms with Crippen LogP contribution in [-0.4, -0.2) is 35.1 Å². The molecule has 1 amide bonds. The Morgan fingerprint density at radius 3 is 2.29 bits per heavy atom. The Balaban J connectivity index is 4.26. The van der Waals surface area contributed by atoms with Gasteiger partial charge in [-0.05, 0) is 27.3 Å². The Hall–Kier alpha value is -1.10. The minimum Gasteiger partial charge on any atom is -0.480 e. The highest BCUT2D eigenvalue weighted by Crippen LogP contribution is 2.02. The molecule has 0 heterocycles. The lowest BCUT2D eigenvalue weighted by atomic mass is 10.0. The lowest BCUT2D eigenvalue weighted by Crippen LogP contribution is -2.55. The summed E-state index contributed by atoms with van der Waals surface area (Å²) in [6.07, 6.45) is 0. The maximum Gasteiger partial charge on any atom is 0.325 e. The Morgan fingerprint density at radius 1 is 1.43 bits per heavy atom. The molecule has 3 N–H and O–H groups in total. The molecule has 0 saturated heterocycles. The number of carbonyl (C=O) groups is 2. The van der Waals surface area contributed by atoms with Crippen LogP contribution in [0.5, 0.6) is 0 Å². The van der Waals surface area contributed by atoms with E-state index in [1.807, 2.05) is 6.92 Å². The summed E-state index contributed by atoms with van der Waals surface area (Å²) in [4.78, 5) is 22.0. The zero-order valence-corrected chi connectivity index (χ0v) is 9.05. The third kappa shape index (κ3) is 3.74. The van der Waals surface area contributed by atoms with Crippen LogP contribution >= 0.6 is 0 Å². The van der Waals surface area contributed by atoms with Gasteiger partial charge in [0.25, 0.3) is 0 Å². The van der Waals surface area contributed by atoms with Crippen molar-refractivity contribution in [1.82, 2.24) is 10.6 Å². The first-order valence-corrected chi connectivity index (χ1v) is 4.60. The van der Waals surface area contributed by atoms with Crippen molar-refractivity contribution in [2.75, 3.05) is 6.54 Å². The number of hydrogen-bond acceptors (Lipinski definition) is 3. The number of amides is 1. The second-order valence-corrected chi connectivity index (χ2v) is 3.69. The second-order valence-electron chi connectivity index (χ2n) is 3.69. The number of aliphatic carboxylic acids is 1. The van der Waals surface area contributed by atoms with Gasteiger partial charge in [0, 0.05) is 0 Å². The third-order valence-electron chi connectivity index (χ3n) is 1.90. The summed E-state index contributed by atoms with van der Waals surface area (Å²) in [5, 5.41) is 14.0. The number of rotatable bonds is 5. The predicted octanol–water partition coefficient (Wildman–Crippen LogP) is -0.0362. The highest BCUT2D eigenvalue weighted by molar-refractivity contribution is 5.89. The Bertz CT molecular complexity index is 226. The van der Waals surface area contributed by atoms with E-state index in [0.29, 0.717) is 6.54 Å².